The Labute approximate surface area is 107 Å². The number of nitrogens with two attached hydrogens (primary N) is 1. The smallest absolute Gasteiger partial charge is 0.244 e. The van der Waals surface area contributed by atoms with Crippen LogP contribution in [0.3, 0.4) is 0 Å². The van der Waals surface area contributed by atoms with Crippen molar-refractivity contribution < 1.29 is 13.2 Å². The van der Waals surface area contributed by atoms with Crippen LogP contribution < -0.4 is 5.73 Å². The summed E-state index contributed by atoms with van der Waals surface area (Å²) >= 11 is 0. The third kappa shape index (κ3) is 2.63. The molecule has 0 aromatic carbocycles. The Kier molecular flexibility index (Phi) is 3.84. The molecule has 100 valence electrons. The van der Waals surface area contributed by atoms with Crippen molar-refractivity contribution in [2.45, 2.75) is 23.8 Å². The molecule has 1 aliphatic rings. The predicted molar refractivity (Wildman–Crippen MR) is 67.4 cm³/mol. The van der Waals surface area contributed by atoms with Gasteiger partial charge in [-0.1, -0.05) is 0 Å². The molecule has 1 fully saturated rings. The molecule has 1 aromatic heterocycles. The van der Waals surface area contributed by atoms with E-state index in [9.17, 15) is 8.42 Å². The minimum atomic E-state index is -3.45. The molecule has 0 atom stereocenters. The average Bonchev–Trinajstić information content (AvgIpc) is 2.39. The van der Waals surface area contributed by atoms with Gasteiger partial charge in [-0.25, -0.2) is 13.4 Å². The van der Waals surface area contributed by atoms with Crippen molar-refractivity contribution in [2.24, 2.45) is 0 Å². The lowest BCUT2D eigenvalue weighted by Gasteiger charge is -2.30. The van der Waals surface area contributed by atoms with Gasteiger partial charge < -0.3 is 10.5 Å². The molecule has 1 aromatic rings. The van der Waals surface area contributed by atoms with E-state index in [2.05, 4.69) is 4.98 Å². The number of hydrogen-bond donors (Lipinski definition) is 1. The van der Waals surface area contributed by atoms with Crippen LogP contribution in [0.25, 0.3) is 0 Å². The van der Waals surface area contributed by atoms with Crippen molar-refractivity contribution >= 4 is 15.8 Å². The van der Waals surface area contributed by atoms with E-state index >= 15 is 0 Å². The second-order valence-electron chi connectivity index (χ2n) is 4.26. The van der Waals surface area contributed by atoms with Crippen molar-refractivity contribution in [1.82, 2.24) is 9.29 Å². The van der Waals surface area contributed by atoms with Crippen molar-refractivity contribution in [2.75, 3.05) is 25.9 Å². The lowest BCUT2D eigenvalue weighted by molar-refractivity contribution is 0.0604. The van der Waals surface area contributed by atoms with Crippen LogP contribution in [0, 0.1) is 0 Å². The van der Waals surface area contributed by atoms with Crippen molar-refractivity contribution in [1.29, 1.82) is 0 Å². The van der Waals surface area contributed by atoms with Gasteiger partial charge in [-0.15, -0.1) is 0 Å². The summed E-state index contributed by atoms with van der Waals surface area (Å²) < 4.78 is 31.3. The largest absolute Gasteiger partial charge is 0.384 e. The maximum absolute atomic E-state index is 12.3. The summed E-state index contributed by atoms with van der Waals surface area (Å²) in [5.74, 6) is 0.312. The summed E-state index contributed by atoms with van der Waals surface area (Å²) in [6.45, 7) is 0.955. The lowest BCUT2D eigenvalue weighted by atomic mass is 10.1. The van der Waals surface area contributed by atoms with E-state index in [0.717, 1.165) is 12.8 Å². The van der Waals surface area contributed by atoms with Crippen molar-refractivity contribution in [3.63, 3.8) is 0 Å². The van der Waals surface area contributed by atoms with Gasteiger partial charge in [0.1, 0.15) is 10.7 Å². The molecular weight excluding hydrogens is 254 g/mol. The van der Waals surface area contributed by atoms with Crippen LogP contribution in [-0.2, 0) is 14.8 Å². The van der Waals surface area contributed by atoms with Gasteiger partial charge in [0.05, 0.1) is 6.10 Å². The third-order valence-corrected chi connectivity index (χ3v) is 5.01. The molecule has 0 radical (unpaired) electrons. The predicted octanol–water partition coefficient (Wildman–Crippen LogP) is 0.463. The Balaban J connectivity index is 2.15. The molecule has 0 unspecified atom stereocenters. The van der Waals surface area contributed by atoms with Gasteiger partial charge in [0.2, 0.25) is 10.0 Å². The molecule has 0 aliphatic carbocycles. The number of rotatable bonds is 3. The number of anilines is 1. The third-order valence-electron chi connectivity index (χ3n) is 3.13. The summed E-state index contributed by atoms with van der Waals surface area (Å²) in [5, 5.41) is 0. The molecule has 1 saturated heterocycles. The van der Waals surface area contributed by atoms with Gasteiger partial charge >= 0.3 is 0 Å². The quantitative estimate of drug-likeness (QED) is 0.863. The zero-order chi connectivity index (χ0) is 13.2. The Morgan fingerprint density at radius 1 is 1.39 bits per heavy atom. The highest BCUT2D eigenvalue weighted by atomic mass is 32.2. The van der Waals surface area contributed by atoms with Crippen LogP contribution in [0.15, 0.2) is 23.2 Å². The Morgan fingerprint density at radius 3 is 2.56 bits per heavy atom. The second kappa shape index (κ2) is 5.21. The normalized spacial score (nSPS) is 18.9. The van der Waals surface area contributed by atoms with Crippen LogP contribution in [0.1, 0.15) is 12.8 Å². The monoisotopic (exact) mass is 271 g/mol. The fourth-order valence-electron chi connectivity index (χ4n) is 2.00. The number of methoxy groups -OCH3 is 1. The second-order valence-corrected chi connectivity index (χ2v) is 6.20. The van der Waals surface area contributed by atoms with Crippen LogP contribution >= 0.6 is 0 Å². The van der Waals surface area contributed by atoms with Gasteiger partial charge in [-0.2, -0.15) is 4.31 Å². The number of pyridine rings is 1. The SMILES string of the molecule is COC1CCN(S(=O)(=O)c2ccc(N)nc2)CC1. The van der Waals surface area contributed by atoms with Crippen molar-refractivity contribution in [3.8, 4) is 0 Å². The molecule has 1 aliphatic heterocycles. The van der Waals surface area contributed by atoms with E-state index in [1.807, 2.05) is 0 Å². The number of sulfonamides is 1. The Hall–Kier alpha value is -1.18. The molecule has 18 heavy (non-hydrogen) atoms. The van der Waals surface area contributed by atoms with Gasteiger partial charge in [-0.3, -0.25) is 0 Å². The number of aromatic nitrogens is 1. The molecule has 2 N–H and O–H groups in total. The standard InChI is InChI=1S/C11H17N3O3S/c1-17-9-4-6-14(7-5-9)18(15,16)10-2-3-11(12)13-8-10/h2-3,8-9H,4-7H2,1H3,(H2,12,13). The first kappa shape index (κ1) is 13.3. The maximum Gasteiger partial charge on any atom is 0.244 e. The van der Waals surface area contributed by atoms with E-state index in [1.165, 1.54) is 22.6 Å². The molecule has 7 heteroatoms. The van der Waals surface area contributed by atoms with Crippen LogP contribution in [-0.4, -0.2) is 44.0 Å². The molecule has 6 nitrogen and oxygen atoms in total. The maximum atomic E-state index is 12.3. The number of ether oxygens (including phenoxy) is 1. The Bertz CT molecular complexity index is 493. The molecule has 0 saturated carbocycles. The number of hydrogen-bond acceptors (Lipinski definition) is 5. The molecular formula is C11H17N3O3S. The zero-order valence-electron chi connectivity index (χ0n) is 10.2. The Morgan fingerprint density at radius 2 is 2.06 bits per heavy atom. The van der Waals surface area contributed by atoms with Gasteiger partial charge in [-0.05, 0) is 25.0 Å². The first-order chi connectivity index (χ1) is 8.54. The minimum absolute atomic E-state index is 0.154. The molecule has 0 amide bonds. The van der Waals surface area contributed by atoms with E-state index in [4.69, 9.17) is 10.5 Å². The van der Waals surface area contributed by atoms with E-state index in [-0.39, 0.29) is 11.0 Å². The summed E-state index contributed by atoms with van der Waals surface area (Å²) in [7, 11) is -1.80. The topological polar surface area (TPSA) is 85.5 Å². The van der Waals surface area contributed by atoms with E-state index in [1.54, 1.807) is 7.11 Å². The number of nitrogen functional groups attached to an aromatic ring is 1. The van der Waals surface area contributed by atoms with Crippen LogP contribution in [0.2, 0.25) is 0 Å². The van der Waals surface area contributed by atoms with Gasteiger partial charge in [0, 0.05) is 26.4 Å². The summed E-state index contributed by atoms with van der Waals surface area (Å²) in [4.78, 5) is 4.01. The summed E-state index contributed by atoms with van der Waals surface area (Å²) in [6.07, 6.45) is 2.89. The zero-order valence-corrected chi connectivity index (χ0v) is 11.1. The fraction of sp³-hybridized carbons (Fsp3) is 0.545. The van der Waals surface area contributed by atoms with E-state index in [0.29, 0.717) is 18.9 Å². The first-order valence-corrected chi connectivity index (χ1v) is 7.22. The highest BCUT2D eigenvalue weighted by molar-refractivity contribution is 7.89. The summed E-state index contributed by atoms with van der Waals surface area (Å²) in [5.41, 5.74) is 5.45. The van der Waals surface area contributed by atoms with Gasteiger partial charge in [0.25, 0.3) is 0 Å². The summed E-state index contributed by atoms with van der Waals surface area (Å²) in [6, 6.07) is 2.98. The minimum Gasteiger partial charge on any atom is -0.384 e. The van der Waals surface area contributed by atoms with Gasteiger partial charge in [0.15, 0.2) is 0 Å². The molecule has 0 spiro atoms. The number of piperidine rings is 1. The number of nitrogens with zero attached hydrogens (tertiary/aromatic N) is 2. The molecule has 0 bridgehead atoms. The lowest BCUT2D eigenvalue weighted by Crippen LogP contribution is -2.40. The average molecular weight is 271 g/mol. The molecule has 2 rings (SSSR count). The van der Waals surface area contributed by atoms with E-state index < -0.39 is 10.0 Å². The van der Waals surface area contributed by atoms with Crippen LogP contribution in [0.5, 0.6) is 0 Å². The fourth-order valence-corrected chi connectivity index (χ4v) is 3.42. The highest BCUT2D eigenvalue weighted by Crippen LogP contribution is 2.21. The first-order valence-electron chi connectivity index (χ1n) is 5.78. The van der Waals surface area contributed by atoms with Crippen molar-refractivity contribution in [3.05, 3.63) is 18.3 Å². The highest BCUT2D eigenvalue weighted by Gasteiger charge is 2.29. The van der Waals surface area contributed by atoms with Crippen LogP contribution in [0.4, 0.5) is 5.82 Å². The molecule has 2 heterocycles.